The summed E-state index contributed by atoms with van der Waals surface area (Å²) in [5.41, 5.74) is 0. The molecule has 1 aromatic carbocycles. The zero-order valence-electron chi connectivity index (χ0n) is 11.2. The zero-order valence-corrected chi connectivity index (χ0v) is 13.5. The van der Waals surface area contributed by atoms with Gasteiger partial charge in [-0.25, -0.2) is 13.1 Å². The fourth-order valence-corrected chi connectivity index (χ4v) is 3.77. The molecular formula is C12H16Cl2N2O3S. The molecule has 112 valence electrons. The summed E-state index contributed by atoms with van der Waals surface area (Å²) in [7, 11) is -3.93. The van der Waals surface area contributed by atoms with E-state index in [1.54, 1.807) is 6.07 Å². The van der Waals surface area contributed by atoms with Gasteiger partial charge in [0.1, 0.15) is 4.90 Å². The number of benzene rings is 1. The number of carbonyl (C=O) groups is 1. The number of hydrogen-bond donors (Lipinski definition) is 1. The molecule has 0 aliphatic carbocycles. The number of rotatable bonds is 6. The number of likely N-dealkylation sites (N-methyl/N-ethyl adjacent to an activating group) is 1. The lowest BCUT2D eigenvalue weighted by Gasteiger charge is -2.19. The van der Waals surface area contributed by atoms with E-state index in [4.69, 9.17) is 23.2 Å². The summed E-state index contributed by atoms with van der Waals surface area (Å²) in [4.78, 5) is 13.1. The van der Waals surface area contributed by atoms with Gasteiger partial charge in [-0.1, -0.05) is 29.3 Å². The van der Waals surface area contributed by atoms with Crippen molar-refractivity contribution in [2.24, 2.45) is 0 Å². The number of hydrogen-bond acceptors (Lipinski definition) is 3. The Bertz CT molecular complexity index is 566. The Hall–Kier alpha value is -0.820. The molecule has 1 N–H and O–H groups in total. The first-order valence-corrected chi connectivity index (χ1v) is 8.28. The smallest absolute Gasteiger partial charge is 0.244 e. The van der Waals surface area contributed by atoms with Crippen molar-refractivity contribution >= 4 is 39.1 Å². The fourth-order valence-electron chi connectivity index (χ4n) is 1.66. The average molecular weight is 339 g/mol. The third-order valence-electron chi connectivity index (χ3n) is 2.72. The van der Waals surface area contributed by atoms with Gasteiger partial charge in [0.15, 0.2) is 0 Å². The number of amides is 1. The van der Waals surface area contributed by atoms with E-state index in [1.165, 1.54) is 17.0 Å². The van der Waals surface area contributed by atoms with E-state index in [1.807, 2.05) is 13.8 Å². The Morgan fingerprint density at radius 3 is 2.15 bits per heavy atom. The monoisotopic (exact) mass is 338 g/mol. The predicted octanol–water partition coefficient (Wildman–Crippen LogP) is 2.14. The summed E-state index contributed by atoms with van der Waals surface area (Å²) in [6.07, 6.45) is 0. The third-order valence-corrected chi connectivity index (χ3v) is 5.07. The van der Waals surface area contributed by atoms with Crippen LogP contribution in [0, 0.1) is 0 Å². The zero-order chi connectivity index (χ0) is 15.3. The summed E-state index contributed by atoms with van der Waals surface area (Å²) in [5.74, 6) is -0.304. The van der Waals surface area contributed by atoms with Crippen LogP contribution in [0.1, 0.15) is 13.8 Å². The van der Waals surface area contributed by atoms with E-state index in [-0.39, 0.29) is 27.4 Å². The van der Waals surface area contributed by atoms with Crippen LogP contribution in [0.2, 0.25) is 10.0 Å². The van der Waals surface area contributed by atoms with Gasteiger partial charge in [0.25, 0.3) is 0 Å². The maximum absolute atomic E-state index is 12.1. The van der Waals surface area contributed by atoms with Gasteiger partial charge >= 0.3 is 0 Å². The highest BCUT2D eigenvalue weighted by atomic mass is 35.5. The number of sulfonamides is 1. The molecule has 5 nitrogen and oxygen atoms in total. The van der Waals surface area contributed by atoms with E-state index in [2.05, 4.69) is 4.72 Å². The first-order chi connectivity index (χ1) is 9.33. The Kier molecular flexibility index (Phi) is 6.26. The normalized spacial score (nSPS) is 11.4. The maximum atomic E-state index is 12.1. The van der Waals surface area contributed by atoms with Crippen molar-refractivity contribution in [3.8, 4) is 0 Å². The molecule has 1 rings (SSSR count). The minimum atomic E-state index is -3.93. The molecule has 8 heteroatoms. The van der Waals surface area contributed by atoms with Crippen LogP contribution in [-0.4, -0.2) is 38.9 Å². The van der Waals surface area contributed by atoms with Crippen molar-refractivity contribution in [3.05, 3.63) is 28.2 Å². The highest BCUT2D eigenvalue weighted by Crippen LogP contribution is 2.28. The molecule has 0 saturated carbocycles. The topological polar surface area (TPSA) is 66.5 Å². The summed E-state index contributed by atoms with van der Waals surface area (Å²) >= 11 is 11.7. The van der Waals surface area contributed by atoms with E-state index >= 15 is 0 Å². The van der Waals surface area contributed by atoms with Crippen molar-refractivity contribution in [2.75, 3.05) is 19.6 Å². The molecule has 1 amide bonds. The molecule has 0 aliphatic heterocycles. The van der Waals surface area contributed by atoms with E-state index in [0.29, 0.717) is 13.1 Å². The highest BCUT2D eigenvalue weighted by Gasteiger charge is 2.23. The quantitative estimate of drug-likeness (QED) is 0.864. The third kappa shape index (κ3) is 4.09. The molecular weight excluding hydrogens is 323 g/mol. The highest BCUT2D eigenvalue weighted by molar-refractivity contribution is 7.89. The lowest BCUT2D eigenvalue weighted by Crippen LogP contribution is -2.40. The minimum Gasteiger partial charge on any atom is -0.342 e. The van der Waals surface area contributed by atoms with E-state index in [0.717, 1.165) is 0 Å². The van der Waals surface area contributed by atoms with Crippen LogP contribution in [0.4, 0.5) is 0 Å². The lowest BCUT2D eigenvalue weighted by molar-refractivity contribution is -0.129. The van der Waals surface area contributed by atoms with Crippen molar-refractivity contribution in [1.29, 1.82) is 0 Å². The van der Waals surface area contributed by atoms with Gasteiger partial charge < -0.3 is 4.90 Å². The number of nitrogens with zero attached hydrogens (tertiary/aromatic N) is 1. The SMILES string of the molecule is CCN(CC)C(=O)CNS(=O)(=O)c1c(Cl)cccc1Cl. The largest absolute Gasteiger partial charge is 0.342 e. The van der Waals surface area contributed by atoms with Crippen molar-refractivity contribution in [2.45, 2.75) is 18.7 Å². The standard InChI is InChI=1S/C12H16Cl2N2O3S/c1-3-16(4-2)11(17)8-15-20(18,19)12-9(13)6-5-7-10(12)14/h5-7,15H,3-4,8H2,1-2H3. The maximum Gasteiger partial charge on any atom is 0.244 e. The number of carbonyl (C=O) groups excluding carboxylic acids is 1. The van der Waals surface area contributed by atoms with Crippen molar-refractivity contribution < 1.29 is 13.2 Å². The molecule has 0 bridgehead atoms. The van der Waals surface area contributed by atoms with Gasteiger partial charge in [-0.3, -0.25) is 4.79 Å². The van der Waals surface area contributed by atoms with Gasteiger partial charge in [-0.2, -0.15) is 0 Å². The van der Waals surface area contributed by atoms with Gasteiger partial charge in [-0.05, 0) is 26.0 Å². The van der Waals surface area contributed by atoms with E-state index < -0.39 is 10.0 Å². The van der Waals surface area contributed by atoms with Crippen molar-refractivity contribution in [1.82, 2.24) is 9.62 Å². The van der Waals surface area contributed by atoms with Crippen LogP contribution in [-0.2, 0) is 14.8 Å². The van der Waals surface area contributed by atoms with Gasteiger partial charge in [0.2, 0.25) is 15.9 Å². The molecule has 0 aromatic heterocycles. The second-order valence-electron chi connectivity index (χ2n) is 3.94. The second kappa shape index (κ2) is 7.26. The van der Waals surface area contributed by atoms with Gasteiger partial charge in [0.05, 0.1) is 16.6 Å². The molecule has 0 spiro atoms. The van der Waals surface area contributed by atoms with Crippen LogP contribution >= 0.6 is 23.2 Å². The Labute approximate surface area is 128 Å². The molecule has 20 heavy (non-hydrogen) atoms. The Morgan fingerprint density at radius 2 is 1.70 bits per heavy atom. The Morgan fingerprint density at radius 1 is 1.20 bits per heavy atom. The summed E-state index contributed by atoms with van der Waals surface area (Å²) in [6, 6.07) is 4.40. The Balaban J connectivity index is 2.89. The molecule has 0 saturated heterocycles. The van der Waals surface area contributed by atoms with Crippen LogP contribution in [0.3, 0.4) is 0 Å². The molecule has 0 atom stereocenters. The molecule has 1 aromatic rings. The van der Waals surface area contributed by atoms with E-state index in [9.17, 15) is 13.2 Å². The van der Waals surface area contributed by atoms with Crippen LogP contribution in [0.5, 0.6) is 0 Å². The minimum absolute atomic E-state index is 0.0142. The molecule has 0 radical (unpaired) electrons. The van der Waals surface area contributed by atoms with Crippen molar-refractivity contribution in [3.63, 3.8) is 0 Å². The van der Waals surface area contributed by atoms with Crippen LogP contribution in [0.25, 0.3) is 0 Å². The number of nitrogens with one attached hydrogen (secondary N) is 1. The summed E-state index contributed by atoms with van der Waals surface area (Å²) in [5, 5.41) is 0.0283. The fraction of sp³-hybridized carbons (Fsp3) is 0.417. The first-order valence-electron chi connectivity index (χ1n) is 6.05. The average Bonchev–Trinajstić information content (AvgIpc) is 2.37. The molecule has 0 unspecified atom stereocenters. The van der Waals surface area contributed by atoms with Crippen LogP contribution < -0.4 is 4.72 Å². The predicted molar refractivity (Wildman–Crippen MR) is 79.6 cm³/mol. The van der Waals surface area contributed by atoms with Gasteiger partial charge in [-0.15, -0.1) is 0 Å². The lowest BCUT2D eigenvalue weighted by atomic mass is 10.4. The number of halogens is 2. The second-order valence-corrected chi connectivity index (χ2v) is 6.46. The summed E-state index contributed by atoms with van der Waals surface area (Å²) in [6.45, 7) is 4.35. The first kappa shape index (κ1) is 17.2. The molecule has 0 aliphatic rings. The summed E-state index contributed by atoms with van der Waals surface area (Å²) < 4.78 is 26.5. The molecule has 0 heterocycles. The van der Waals surface area contributed by atoms with Crippen LogP contribution in [0.15, 0.2) is 23.1 Å². The van der Waals surface area contributed by atoms with Gasteiger partial charge in [0, 0.05) is 13.1 Å². The molecule has 0 fully saturated rings.